The highest BCUT2D eigenvalue weighted by atomic mass is 79.9. The van der Waals surface area contributed by atoms with Crippen LogP contribution in [0.25, 0.3) is 0 Å². The van der Waals surface area contributed by atoms with Gasteiger partial charge in [0, 0.05) is 32.7 Å². The van der Waals surface area contributed by atoms with E-state index in [1.165, 1.54) is 4.90 Å². The van der Waals surface area contributed by atoms with E-state index in [9.17, 15) is 9.59 Å². The first-order valence-corrected chi connectivity index (χ1v) is 11.2. The van der Waals surface area contributed by atoms with Crippen LogP contribution in [0.1, 0.15) is 32.8 Å². The number of nitrogens with zero attached hydrogens (tertiary/aromatic N) is 1. The van der Waals surface area contributed by atoms with E-state index in [0.29, 0.717) is 27.8 Å². The Labute approximate surface area is 195 Å². The molecule has 0 fully saturated rings. The third-order valence-electron chi connectivity index (χ3n) is 4.38. The highest BCUT2D eigenvalue weighted by molar-refractivity contribution is 9.10. The van der Waals surface area contributed by atoms with E-state index in [0.717, 1.165) is 4.47 Å². The number of benzene rings is 2. The fourth-order valence-electron chi connectivity index (χ4n) is 2.91. The standard InChI is InChI=1S/C22H25BrCl2N2O3/c1-4-20(22(29)26-14(2)3)27(12-17-18(24)6-5-7-19(17)25)21(28)13-30-16-10-8-15(23)9-11-16/h5-11,14,20H,4,12-13H2,1-3H3,(H,26,29)/t20-/m0/s1. The Balaban J connectivity index is 2.27. The van der Waals surface area contributed by atoms with Crippen LogP contribution in [0, 0.1) is 0 Å². The largest absolute Gasteiger partial charge is 0.484 e. The van der Waals surface area contributed by atoms with Crippen molar-refractivity contribution in [1.82, 2.24) is 10.2 Å². The molecule has 162 valence electrons. The molecule has 30 heavy (non-hydrogen) atoms. The van der Waals surface area contributed by atoms with Gasteiger partial charge in [0.15, 0.2) is 6.61 Å². The van der Waals surface area contributed by atoms with Gasteiger partial charge >= 0.3 is 0 Å². The lowest BCUT2D eigenvalue weighted by atomic mass is 10.1. The molecular formula is C22H25BrCl2N2O3. The van der Waals surface area contributed by atoms with Crippen LogP contribution in [0.15, 0.2) is 46.9 Å². The van der Waals surface area contributed by atoms with Crippen molar-refractivity contribution < 1.29 is 14.3 Å². The molecule has 1 N–H and O–H groups in total. The van der Waals surface area contributed by atoms with Crippen molar-refractivity contribution in [2.24, 2.45) is 0 Å². The minimum absolute atomic E-state index is 0.0496. The van der Waals surface area contributed by atoms with Crippen molar-refractivity contribution in [2.75, 3.05) is 6.61 Å². The van der Waals surface area contributed by atoms with Gasteiger partial charge in [0.2, 0.25) is 5.91 Å². The fraction of sp³-hybridized carbons (Fsp3) is 0.364. The molecule has 0 heterocycles. The molecular weight excluding hydrogens is 491 g/mol. The van der Waals surface area contributed by atoms with Gasteiger partial charge in [-0.05, 0) is 56.7 Å². The first-order valence-electron chi connectivity index (χ1n) is 9.64. The number of carbonyl (C=O) groups excluding carboxylic acids is 2. The van der Waals surface area contributed by atoms with Gasteiger partial charge in [-0.1, -0.05) is 52.1 Å². The van der Waals surface area contributed by atoms with Crippen molar-refractivity contribution in [1.29, 1.82) is 0 Å². The number of hydrogen-bond donors (Lipinski definition) is 1. The van der Waals surface area contributed by atoms with Crippen molar-refractivity contribution in [2.45, 2.75) is 45.8 Å². The Kier molecular flexibility index (Phi) is 9.46. The number of hydrogen-bond acceptors (Lipinski definition) is 3. The second-order valence-electron chi connectivity index (χ2n) is 7.05. The second-order valence-corrected chi connectivity index (χ2v) is 8.78. The molecule has 0 aliphatic carbocycles. The summed E-state index contributed by atoms with van der Waals surface area (Å²) < 4.78 is 6.56. The fourth-order valence-corrected chi connectivity index (χ4v) is 3.69. The minimum Gasteiger partial charge on any atom is -0.484 e. The predicted octanol–water partition coefficient (Wildman–Crippen LogP) is 5.47. The summed E-state index contributed by atoms with van der Waals surface area (Å²) in [6.07, 6.45) is 0.435. The van der Waals surface area contributed by atoms with Crippen LogP contribution in [0.4, 0.5) is 0 Å². The van der Waals surface area contributed by atoms with E-state index >= 15 is 0 Å². The summed E-state index contributed by atoms with van der Waals surface area (Å²) in [5.74, 6) is -0.00529. The third kappa shape index (κ3) is 6.89. The molecule has 0 aromatic heterocycles. The van der Waals surface area contributed by atoms with Crippen LogP contribution in [-0.4, -0.2) is 35.4 Å². The van der Waals surface area contributed by atoms with Crippen LogP contribution < -0.4 is 10.1 Å². The van der Waals surface area contributed by atoms with Crippen LogP contribution in [-0.2, 0) is 16.1 Å². The van der Waals surface area contributed by atoms with Gasteiger partial charge in [0.05, 0.1) is 0 Å². The molecule has 2 aromatic carbocycles. The average molecular weight is 516 g/mol. The molecule has 2 aromatic rings. The topological polar surface area (TPSA) is 58.6 Å². The number of carbonyl (C=O) groups is 2. The summed E-state index contributed by atoms with van der Waals surface area (Å²) in [6, 6.07) is 11.6. The predicted molar refractivity (Wildman–Crippen MR) is 124 cm³/mol. The summed E-state index contributed by atoms with van der Waals surface area (Å²) in [7, 11) is 0. The Morgan fingerprint density at radius 1 is 1.10 bits per heavy atom. The highest BCUT2D eigenvalue weighted by Gasteiger charge is 2.30. The van der Waals surface area contributed by atoms with Crippen molar-refractivity contribution in [3.8, 4) is 5.75 Å². The quantitative estimate of drug-likeness (QED) is 0.482. The number of rotatable bonds is 9. The molecule has 0 saturated heterocycles. The first kappa shape index (κ1) is 24.5. The summed E-state index contributed by atoms with van der Waals surface area (Å²) in [5, 5.41) is 3.76. The molecule has 0 bridgehead atoms. The first-order chi connectivity index (χ1) is 14.2. The molecule has 0 aliphatic heterocycles. The zero-order chi connectivity index (χ0) is 22.3. The third-order valence-corrected chi connectivity index (χ3v) is 5.62. The lowest BCUT2D eigenvalue weighted by Gasteiger charge is -2.31. The van der Waals surface area contributed by atoms with E-state index in [1.54, 1.807) is 30.3 Å². The van der Waals surface area contributed by atoms with Gasteiger partial charge in [-0.3, -0.25) is 9.59 Å². The van der Waals surface area contributed by atoms with Gasteiger partial charge in [-0.2, -0.15) is 0 Å². The molecule has 0 aliphatic rings. The summed E-state index contributed by atoms with van der Waals surface area (Å²) in [4.78, 5) is 27.4. The van der Waals surface area contributed by atoms with Gasteiger partial charge < -0.3 is 15.0 Å². The molecule has 0 spiro atoms. The van der Waals surface area contributed by atoms with Crippen molar-refractivity contribution >= 4 is 50.9 Å². The maximum Gasteiger partial charge on any atom is 0.261 e. The van der Waals surface area contributed by atoms with Gasteiger partial charge in [-0.25, -0.2) is 0 Å². The molecule has 8 heteroatoms. The van der Waals surface area contributed by atoms with Gasteiger partial charge in [0.25, 0.3) is 5.91 Å². The monoisotopic (exact) mass is 514 g/mol. The Hall–Kier alpha value is -1.76. The van der Waals surface area contributed by atoms with Crippen LogP contribution in [0.5, 0.6) is 5.75 Å². The SMILES string of the molecule is CC[C@@H](C(=O)NC(C)C)N(Cc1c(Cl)cccc1Cl)C(=O)COc1ccc(Br)cc1. The van der Waals surface area contributed by atoms with Gasteiger partial charge in [0.1, 0.15) is 11.8 Å². The van der Waals surface area contributed by atoms with Crippen LogP contribution in [0.2, 0.25) is 10.0 Å². The molecule has 2 amide bonds. The molecule has 1 atom stereocenters. The van der Waals surface area contributed by atoms with E-state index in [1.807, 2.05) is 32.9 Å². The van der Waals surface area contributed by atoms with E-state index in [-0.39, 0.29) is 31.0 Å². The molecule has 5 nitrogen and oxygen atoms in total. The Bertz CT molecular complexity index is 855. The summed E-state index contributed by atoms with van der Waals surface area (Å²) in [5.41, 5.74) is 0.591. The van der Waals surface area contributed by atoms with Gasteiger partial charge in [-0.15, -0.1) is 0 Å². The van der Waals surface area contributed by atoms with Crippen molar-refractivity contribution in [3.63, 3.8) is 0 Å². The van der Waals surface area contributed by atoms with Crippen LogP contribution in [0.3, 0.4) is 0 Å². The highest BCUT2D eigenvalue weighted by Crippen LogP contribution is 2.27. The average Bonchev–Trinajstić information content (AvgIpc) is 2.68. The summed E-state index contributed by atoms with van der Waals surface area (Å²) >= 11 is 16.0. The lowest BCUT2D eigenvalue weighted by Crippen LogP contribution is -2.51. The normalized spacial score (nSPS) is 11.8. The van der Waals surface area contributed by atoms with Crippen LogP contribution >= 0.6 is 39.1 Å². The van der Waals surface area contributed by atoms with Crippen molar-refractivity contribution in [3.05, 3.63) is 62.5 Å². The van der Waals surface area contributed by atoms with E-state index < -0.39 is 6.04 Å². The molecule has 2 rings (SSSR count). The van der Waals surface area contributed by atoms with E-state index in [2.05, 4.69) is 21.2 Å². The molecule has 0 unspecified atom stereocenters. The lowest BCUT2D eigenvalue weighted by molar-refractivity contribution is -0.143. The zero-order valence-corrected chi connectivity index (χ0v) is 20.2. The Morgan fingerprint density at radius 3 is 2.23 bits per heavy atom. The Morgan fingerprint density at radius 2 is 1.70 bits per heavy atom. The number of ether oxygens (including phenoxy) is 1. The minimum atomic E-state index is -0.680. The molecule has 0 saturated carbocycles. The number of halogens is 3. The molecule has 0 radical (unpaired) electrons. The zero-order valence-electron chi connectivity index (χ0n) is 17.1. The van der Waals surface area contributed by atoms with E-state index in [4.69, 9.17) is 27.9 Å². The maximum atomic E-state index is 13.1. The smallest absolute Gasteiger partial charge is 0.261 e. The number of nitrogens with one attached hydrogen (secondary N) is 1. The summed E-state index contributed by atoms with van der Waals surface area (Å²) in [6.45, 7) is 5.49. The number of amides is 2. The maximum absolute atomic E-state index is 13.1. The second kappa shape index (κ2) is 11.6.